The lowest BCUT2D eigenvalue weighted by Gasteiger charge is -2.43. The van der Waals surface area contributed by atoms with Crippen molar-refractivity contribution >= 4 is 27.6 Å². The highest BCUT2D eigenvalue weighted by molar-refractivity contribution is 7.47. The number of hydrogen-bond donors (Lipinski definition) is 9. The summed E-state index contributed by atoms with van der Waals surface area (Å²) in [7, 11) is -10.8. The fourth-order valence-electron chi connectivity index (χ4n) is 7.01. The normalized spacial score (nSPS) is 22.9. The number of carbonyl (C=O) groups is 2. The van der Waals surface area contributed by atoms with Gasteiger partial charge in [0.15, 0.2) is 6.10 Å². The molecule has 67 heavy (non-hydrogen) atoms. The van der Waals surface area contributed by atoms with Gasteiger partial charge in [0, 0.05) is 12.8 Å². The molecule has 10 atom stereocenters. The molecule has 1 aliphatic carbocycles. The minimum absolute atomic E-state index is 0.00822. The van der Waals surface area contributed by atoms with E-state index < -0.39 is 95.7 Å². The summed E-state index contributed by atoms with van der Waals surface area (Å²) in [6, 6.07) is 0. The molecule has 0 aromatic rings. The number of phosphoric ester groups is 2. The van der Waals surface area contributed by atoms with Crippen molar-refractivity contribution < 1.29 is 87.1 Å². The van der Waals surface area contributed by atoms with Gasteiger partial charge in [0.2, 0.25) is 0 Å². The molecule has 0 saturated heterocycles. The second-order valence-electron chi connectivity index (χ2n) is 16.8. The molecule has 0 spiro atoms. The third-order valence-electron chi connectivity index (χ3n) is 10.8. The minimum Gasteiger partial charge on any atom is -0.462 e. The Hall–Kier alpha value is -2.38. The SMILES string of the molecule is CC/C=C\CCCCCCCCCCCCCC(=O)O[C@H](COC(=O)CCC[C@@H](O)/C=C/C=C\C/C=C\C=C\[C@@H](O)CCCCC)COP(=O)(O)O[C@H]1C(O)C(O)C(O)[C@@H](OP(=O)(O)O)C1O. The lowest BCUT2D eigenvalue weighted by molar-refractivity contribution is -0.216. The molecule has 1 rings (SSSR count). The molecule has 0 heterocycles. The predicted molar refractivity (Wildman–Crippen MR) is 253 cm³/mol. The Morgan fingerprint density at radius 1 is 0.567 bits per heavy atom. The largest absolute Gasteiger partial charge is 0.472 e. The number of hydrogen-bond acceptors (Lipinski definition) is 15. The summed E-state index contributed by atoms with van der Waals surface area (Å²) in [6.45, 7) is 2.73. The maximum Gasteiger partial charge on any atom is 0.472 e. The van der Waals surface area contributed by atoms with E-state index in [1.165, 1.54) is 32.1 Å². The molecule has 18 nitrogen and oxygen atoms in total. The topological polar surface area (TPSA) is 296 Å². The Bertz CT molecular complexity index is 1560. The second kappa shape index (κ2) is 37.4. The first-order valence-electron chi connectivity index (χ1n) is 24.1. The molecule has 9 N–H and O–H groups in total. The summed E-state index contributed by atoms with van der Waals surface area (Å²) in [5.41, 5.74) is 0. The molecule has 0 amide bonds. The predicted octanol–water partition coefficient (Wildman–Crippen LogP) is 7.00. The van der Waals surface area contributed by atoms with Gasteiger partial charge in [-0.05, 0) is 51.4 Å². The molecule has 0 aromatic carbocycles. The molecule has 5 unspecified atom stereocenters. The standard InChI is InChI=1S/C47H82O18P2/c1-3-5-7-8-9-10-11-12-13-14-15-16-20-23-27-33-41(51)63-39(36-62-67(59,60)65-47-44(54)42(52)43(53)46(45(47)55)64-66(56,57)58)35-61-40(50)34-28-32-38(49)31-26-22-19-17-18-21-25-30-37(48)29-24-6-4-2/h5,7,18-19,21-22,25-26,30-31,37-39,42-49,52-55H,3-4,6,8-17,20,23-24,27-29,32-36H2,1-2H3,(H,59,60)(H2,56,57,58)/b7-5-,21-18-,22-19-,30-25+,31-26+/t37-,38-,39+,42?,43?,44?,45?,46+,47-/m0/s1. The number of aliphatic hydroxyl groups excluding tert-OH is 6. The first-order valence-corrected chi connectivity index (χ1v) is 27.1. The lowest BCUT2D eigenvalue weighted by atomic mass is 9.85. The number of allylic oxidation sites excluding steroid dienone is 8. The first-order chi connectivity index (χ1) is 31.9. The van der Waals surface area contributed by atoms with Crippen LogP contribution in [0, 0.1) is 0 Å². The molecule has 1 aliphatic rings. The molecule has 20 heteroatoms. The fraction of sp³-hybridized carbons (Fsp3) is 0.745. The molecule has 0 aromatic heterocycles. The van der Waals surface area contributed by atoms with Crippen LogP contribution in [0.2, 0.25) is 0 Å². The highest BCUT2D eigenvalue weighted by Gasteiger charge is 2.54. The monoisotopic (exact) mass is 996 g/mol. The van der Waals surface area contributed by atoms with Crippen LogP contribution in [0.3, 0.4) is 0 Å². The van der Waals surface area contributed by atoms with Crippen LogP contribution < -0.4 is 0 Å². The van der Waals surface area contributed by atoms with Crippen LogP contribution in [-0.4, -0.2) is 125 Å². The molecular weight excluding hydrogens is 914 g/mol. The van der Waals surface area contributed by atoms with Crippen molar-refractivity contribution in [2.45, 2.75) is 210 Å². The van der Waals surface area contributed by atoms with Crippen molar-refractivity contribution in [1.29, 1.82) is 0 Å². The quantitative estimate of drug-likeness (QED) is 0.00984. The lowest BCUT2D eigenvalue weighted by Crippen LogP contribution is -2.64. The summed E-state index contributed by atoms with van der Waals surface area (Å²) >= 11 is 0. The summed E-state index contributed by atoms with van der Waals surface area (Å²) in [6.07, 6.45) is 20.9. The molecule has 0 radical (unpaired) electrons. The first kappa shape index (κ1) is 62.6. The van der Waals surface area contributed by atoms with Gasteiger partial charge in [0.05, 0.1) is 18.8 Å². The van der Waals surface area contributed by atoms with Crippen LogP contribution in [0.1, 0.15) is 155 Å². The van der Waals surface area contributed by atoms with Gasteiger partial charge in [-0.2, -0.15) is 0 Å². The highest BCUT2D eigenvalue weighted by Crippen LogP contribution is 2.49. The van der Waals surface area contributed by atoms with Crippen molar-refractivity contribution in [2.75, 3.05) is 13.2 Å². The fourth-order valence-corrected chi connectivity index (χ4v) is 8.55. The van der Waals surface area contributed by atoms with E-state index in [-0.39, 0.29) is 25.7 Å². The van der Waals surface area contributed by atoms with E-state index in [1.54, 1.807) is 24.3 Å². The van der Waals surface area contributed by atoms with Gasteiger partial charge in [-0.25, -0.2) is 9.13 Å². The van der Waals surface area contributed by atoms with Gasteiger partial charge in [0.25, 0.3) is 0 Å². The minimum atomic E-state index is -5.39. The van der Waals surface area contributed by atoms with E-state index in [4.69, 9.17) is 18.5 Å². The zero-order chi connectivity index (χ0) is 49.9. The number of ether oxygens (including phenoxy) is 2. The third-order valence-corrected chi connectivity index (χ3v) is 12.3. The Morgan fingerprint density at radius 2 is 1.09 bits per heavy atom. The maximum absolute atomic E-state index is 13.0. The number of rotatable bonds is 39. The van der Waals surface area contributed by atoms with Gasteiger partial charge in [-0.3, -0.25) is 23.2 Å². The van der Waals surface area contributed by atoms with E-state index in [1.807, 2.05) is 24.3 Å². The Morgan fingerprint density at radius 3 is 1.64 bits per heavy atom. The molecule has 1 fully saturated rings. The Balaban J connectivity index is 2.68. The average Bonchev–Trinajstić information content (AvgIpc) is 3.27. The number of esters is 2. The highest BCUT2D eigenvalue weighted by atomic mass is 31.2. The van der Waals surface area contributed by atoms with Crippen LogP contribution in [0.4, 0.5) is 0 Å². The van der Waals surface area contributed by atoms with Crippen molar-refractivity contribution in [3.05, 3.63) is 60.8 Å². The maximum atomic E-state index is 13.0. The Kier molecular flexibility index (Phi) is 35.0. The number of phosphoric acid groups is 2. The van der Waals surface area contributed by atoms with Gasteiger partial charge in [-0.1, -0.05) is 152 Å². The summed E-state index contributed by atoms with van der Waals surface area (Å²) < 4.78 is 49.2. The van der Waals surface area contributed by atoms with Gasteiger partial charge < -0.3 is 54.8 Å². The molecule has 0 aliphatic heterocycles. The summed E-state index contributed by atoms with van der Waals surface area (Å²) in [5, 5.41) is 61.5. The van der Waals surface area contributed by atoms with Crippen molar-refractivity contribution in [2.24, 2.45) is 0 Å². The zero-order valence-electron chi connectivity index (χ0n) is 39.5. The number of aliphatic hydroxyl groups is 6. The van der Waals surface area contributed by atoms with E-state index in [0.717, 1.165) is 70.6 Å². The number of carbonyl (C=O) groups excluding carboxylic acids is 2. The van der Waals surface area contributed by atoms with Crippen molar-refractivity contribution in [3.8, 4) is 0 Å². The van der Waals surface area contributed by atoms with Crippen LogP contribution in [0.5, 0.6) is 0 Å². The summed E-state index contributed by atoms with van der Waals surface area (Å²) in [4.78, 5) is 54.3. The second-order valence-corrected chi connectivity index (χ2v) is 19.4. The van der Waals surface area contributed by atoms with E-state index in [2.05, 4.69) is 30.5 Å². The van der Waals surface area contributed by atoms with Gasteiger partial charge >= 0.3 is 27.6 Å². The molecule has 0 bridgehead atoms. The smallest absolute Gasteiger partial charge is 0.462 e. The van der Waals surface area contributed by atoms with Crippen LogP contribution in [0.25, 0.3) is 0 Å². The van der Waals surface area contributed by atoms with Crippen molar-refractivity contribution in [1.82, 2.24) is 0 Å². The molecular formula is C47H82O18P2. The Labute approximate surface area is 397 Å². The van der Waals surface area contributed by atoms with Gasteiger partial charge in [0.1, 0.15) is 43.2 Å². The molecule has 388 valence electrons. The van der Waals surface area contributed by atoms with E-state index in [9.17, 15) is 64.0 Å². The van der Waals surface area contributed by atoms with E-state index >= 15 is 0 Å². The van der Waals surface area contributed by atoms with Crippen LogP contribution in [0.15, 0.2) is 60.8 Å². The third kappa shape index (κ3) is 32.2. The summed E-state index contributed by atoms with van der Waals surface area (Å²) in [5.74, 6) is -1.44. The number of unbranched alkanes of at least 4 members (excludes halogenated alkanes) is 13. The van der Waals surface area contributed by atoms with Crippen LogP contribution >= 0.6 is 15.6 Å². The average molecular weight is 997 g/mol. The van der Waals surface area contributed by atoms with Crippen LogP contribution in [-0.2, 0) is 41.8 Å². The zero-order valence-corrected chi connectivity index (χ0v) is 41.3. The van der Waals surface area contributed by atoms with Crippen molar-refractivity contribution in [3.63, 3.8) is 0 Å². The molecule has 1 saturated carbocycles. The van der Waals surface area contributed by atoms with E-state index in [0.29, 0.717) is 12.8 Å². The van der Waals surface area contributed by atoms with Gasteiger partial charge in [-0.15, -0.1) is 0 Å².